The maximum absolute atomic E-state index is 12.3. The number of hydrogen-bond acceptors (Lipinski definition) is 9. The van der Waals surface area contributed by atoms with Gasteiger partial charge in [0.1, 0.15) is 11.2 Å². The van der Waals surface area contributed by atoms with Crippen LogP contribution in [0.15, 0.2) is 48.5 Å². The van der Waals surface area contributed by atoms with Crippen LogP contribution in [0, 0.1) is 11.3 Å². The first-order chi connectivity index (χ1) is 21.7. The van der Waals surface area contributed by atoms with Crippen LogP contribution < -0.4 is 4.74 Å². The van der Waals surface area contributed by atoms with Crippen molar-refractivity contribution in [3.05, 3.63) is 65.2 Å². The Hall–Kier alpha value is -3.43. The molecule has 9 nitrogen and oxygen atoms in total. The van der Waals surface area contributed by atoms with Gasteiger partial charge in [0.2, 0.25) is 0 Å². The third kappa shape index (κ3) is 14.5. The van der Waals surface area contributed by atoms with Gasteiger partial charge in [-0.1, -0.05) is 83.8 Å². The number of carbonyl (C=O) groups is 3. The van der Waals surface area contributed by atoms with Crippen LogP contribution in [-0.4, -0.2) is 54.5 Å². The fourth-order valence-electron chi connectivity index (χ4n) is 4.51. The van der Waals surface area contributed by atoms with E-state index in [-0.39, 0.29) is 5.56 Å². The molecule has 0 heterocycles. The van der Waals surface area contributed by atoms with Crippen molar-refractivity contribution in [3.63, 3.8) is 0 Å². The zero-order valence-electron chi connectivity index (χ0n) is 27.3. The first-order valence-electron chi connectivity index (χ1n) is 16.4. The second kappa shape index (κ2) is 21.3. The van der Waals surface area contributed by atoms with Crippen LogP contribution in [0.25, 0.3) is 0 Å². The fourth-order valence-corrected chi connectivity index (χ4v) is 4.51. The second-order valence-electron chi connectivity index (χ2n) is 12.1. The van der Waals surface area contributed by atoms with Gasteiger partial charge < -0.3 is 19.7 Å². The van der Waals surface area contributed by atoms with Crippen molar-refractivity contribution < 1.29 is 43.8 Å². The normalized spacial score (nSPS) is 11.9. The molecule has 0 bridgehead atoms. The lowest BCUT2D eigenvalue weighted by Crippen LogP contribution is -2.37. The molecule has 0 fully saturated rings. The molecule has 1 unspecified atom stereocenters. The minimum Gasteiger partial charge on any atom is -0.494 e. The highest BCUT2D eigenvalue weighted by Gasteiger charge is 2.33. The molecule has 0 aliphatic heterocycles. The van der Waals surface area contributed by atoms with Gasteiger partial charge in [0, 0.05) is 0 Å². The Morgan fingerprint density at radius 2 is 1.13 bits per heavy atom. The molecule has 0 spiro atoms. The van der Waals surface area contributed by atoms with Crippen LogP contribution in [0.3, 0.4) is 0 Å². The molecule has 0 radical (unpaired) electrons. The van der Waals surface area contributed by atoms with Gasteiger partial charge in [-0.15, -0.1) is 0 Å². The summed E-state index contributed by atoms with van der Waals surface area (Å²) in [5.41, 5.74) is 0.490. The minimum atomic E-state index is -1.23. The van der Waals surface area contributed by atoms with Crippen molar-refractivity contribution in [1.82, 2.24) is 0 Å². The van der Waals surface area contributed by atoms with Crippen LogP contribution >= 0.6 is 0 Å². The van der Waals surface area contributed by atoms with Crippen LogP contribution in [0.5, 0.6) is 5.75 Å². The van der Waals surface area contributed by atoms with Gasteiger partial charge in [-0.2, -0.15) is 0 Å². The molecule has 1 atom stereocenters. The number of ether oxygens (including phenoxy) is 2. The van der Waals surface area contributed by atoms with Gasteiger partial charge >= 0.3 is 17.9 Å². The number of benzene rings is 2. The molecule has 0 aromatic heterocycles. The first kappa shape index (κ1) is 37.8. The Morgan fingerprint density at radius 3 is 1.60 bits per heavy atom. The number of carbonyl (C=O) groups excluding carboxylic acids is 3. The van der Waals surface area contributed by atoms with Gasteiger partial charge in [-0.25, -0.2) is 19.4 Å². The molecule has 0 aliphatic rings. The monoisotopic (exact) mass is 628 g/mol. The smallest absolute Gasteiger partial charge is 0.386 e. The average molecular weight is 629 g/mol. The van der Waals surface area contributed by atoms with E-state index in [4.69, 9.17) is 19.2 Å². The van der Waals surface area contributed by atoms with Crippen LogP contribution in [0.4, 0.5) is 0 Å². The molecule has 2 rings (SSSR count). The highest BCUT2D eigenvalue weighted by Crippen LogP contribution is 2.18. The molecular formula is C36H52O9. The first-order valence-corrected chi connectivity index (χ1v) is 16.4. The van der Waals surface area contributed by atoms with Gasteiger partial charge in [0.15, 0.2) is 0 Å². The van der Waals surface area contributed by atoms with Crippen molar-refractivity contribution in [2.75, 3.05) is 26.4 Å². The number of rotatable bonds is 22. The number of aliphatic hydroxyl groups excluding tert-OH is 2. The van der Waals surface area contributed by atoms with E-state index < -0.39 is 36.5 Å². The third-order valence-corrected chi connectivity index (χ3v) is 7.99. The predicted octanol–water partition coefficient (Wildman–Crippen LogP) is 7.02. The van der Waals surface area contributed by atoms with Crippen molar-refractivity contribution in [2.24, 2.45) is 11.3 Å². The predicted molar refractivity (Wildman–Crippen MR) is 172 cm³/mol. The second-order valence-corrected chi connectivity index (χ2v) is 12.1. The quantitative estimate of drug-likeness (QED) is 0.0612. The Kier molecular flexibility index (Phi) is 17.9. The standard InChI is InChI=1S/C36H52O9/c1-4-28(2)25-29-15-17-30(18-16-29)33(39)44-45-34(40)31-19-21-32(22-20-31)42-23-13-11-9-7-5-6-8-10-12-14-24-43-35(41)36(3,26-37)27-38/h15-22,28,37-38H,4-14,23-27H2,1-3H3. The number of aliphatic hydroxyl groups is 2. The molecule has 9 heteroatoms. The zero-order valence-corrected chi connectivity index (χ0v) is 27.3. The Labute approximate surface area is 268 Å². The van der Waals surface area contributed by atoms with Crippen molar-refractivity contribution in [1.29, 1.82) is 0 Å². The molecule has 0 saturated carbocycles. The highest BCUT2D eigenvalue weighted by molar-refractivity contribution is 5.92. The molecule has 2 aromatic rings. The lowest BCUT2D eigenvalue weighted by molar-refractivity contribution is -0.187. The Balaban J connectivity index is 1.48. The van der Waals surface area contributed by atoms with Crippen LogP contribution in [0.1, 0.15) is 118 Å². The van der Waals surface area contributed by atoms with E-state index in [1.54, 1.807) is 36.4 Å². The summed E-state index contributed by atoms with van der Waals surface area (Å²) in [6.07, 6.45) is 12.8. The maximum atomic E-state index is 12.3. The van der Waals surface area contributed by atoms with Gasteiger partial charge in [0.05, 0.1) is 37.6 Å². The summed E-state index contributed by atoms with van der Waals surface area (Å²) in [5.74, 6) is -0.807. The summed E-state index contributed by atoms with van der Waals surface area (Å²) in [7, 11) is 0. The van der Waals surface area contributed by atoms with Crippen molar-refractivity contribution in [2.45, 2.75) is 97.8 Å². The molecule has 0 aliphatic carbocycles. The number of unbranched alkanes of at least 4 members (excludes halogenated alkanes) is 9. The summed E-state index contributed by atoms with van der Waals surface area (Å²) in [4.78, 5) is 45.9. The van der Waals surface area contributed by atoms with E-state index in [1.165, 1.54) is 26.2 Å². The lowest BCUT2D eigenvalue weighted by Gasteiger charge is -2.22. The molecule has 2 N–H and O–H groups in total. The largest absolute Gasteiger partial charge is 0.494 e. The van der Waals surface area contributed by atoms with Crippen molar-refractivity contribution >= 4 is 17.9 Å². The van der Waals surface area contributed by atoms with E-state index in [0.717, 1.165) is 63.4 Å². The average Bonchev–Trinajstić information content (AvgIpc) is 3.07. The molecule has 45 heavy (non-hydrogen) atoms. The van der Waals surface area contributed by atoms with E-state index in [1.807, 2.05) is 12.1 Å². The molecule has 2 aromatic carbocycles. The maximum Gasteiger partial charge on any atom is 0.386 e. The van der Waals surface area contributed by atoms with Crippen molar-refractivity contribution in [3.8, 4) is 5.75 Å². The van der Waals surface area contributed by atoms with Gasteiger partial charge in [-0.3, -0.25) is 4.79 Å². The third-order valence-electron chi connectivity index (χ3n) is 7.99. The number of esters is 1. The summed E-state index contributed by atoms with van der Waals surface area (Å²) in [6, 6.07) is 13.7. The van der Waals surface area contributed by atoms with E-state index in [0.29, 0.717) is 30.4 Å². The van der Waals surface area contributed by atoms with Crippen LogP contribution in [-0.2, 0) is 25.7 Å². The molecule has 0 amide bonds. The van der Waals surface area contributed by atoms with E-state index >= 15 is 0 Å². The Bertz CT molecular complexity index is 1120. The Morgan fingerprint density at radius 1 is 0.689 bits per heavy atom. The van der Waals surface area contributed by atoms with Gasteiger partial charge in [0.25, 0.3) is 0 Å². The molecule has 0 saturated heterocycles. The minimum absolute atomic E-state index is 0.256. The fraction of sp³-hybridized carbons (Fsp3) is 0.583. The zero-order chi connectivity index (χ0) is 32.9. The summed E-state index contributed by atoms with van der Waals surface area (Å²) >= 11 is 0. The van der Waals surface area contributed by atoms with E-state index in [9.17, 15) is 24.6 Å². The van der Waals surface area contributed by atoms with E-state index in [2.05, 4.69) is 13.8 Å². The van der Waals surface area contributed by atoms with Crippen LogP contribution in [0.2, 0.25) is 0 Å². The number of hydrogen-bond donors (Lipinski definition) is 2. The van der Waals surface area contributed by atoms with Gasteiger partial charge in [-0.05, 0) is 74.1 Å². The molecular weight excluding hydrogens is 576 g/mol. The summed E-state index contributed by atoms with van der Waals surface area (Å²) < 4.78 is 10.9. The topological polar surface area (TPSA) is 129 Å². The summed E-state index contributed by atoms with van der Waals surface area (Å²) in [6.45, 7) is 5.87. The highest BCUT2D eigenvalue weighted by atomic mass is 17.2. The lowest BCUT2D eigenvalue weighted by atomic mass is 9.93. The SMILES string of the molecule is CCC(C)Cc1ccc(C(=O)OOC(=O)c2ccc(OCCCCCCCCCCCCOC(=O)C(C)(CO)CO)cc2)cc1. The molecule has 250 valence electrons. The summed E-state index contributed by atoms with van der Waals surface area (Å²) in [5, 5.41) is 18.4.